The third-order valence-electron chi connectivity index (χ3n) is 3.87. The van der Waals surface area contributed by atoms with E-state index in [1.54, 1.807) is 6.92 Å². The first-order valence-electron chi connectivity index (χ1n) is 11.0. The van der Waals surface area contributed by atoms with E-state index in [9.17, 15) is 4.79 Å². The minimum atomic E-state index is -0.405. The summed E-state index contributed by atoms with van der Waals surface area (Å²) < 4.78 is 42.7. The van der Waals surface area contributed by atoms with Crippen LogP contribution in [0.2, 0.25) is 0 Å². The van der Waals surface area contributed by atoms with Gasteiger partial charge in [-0.15, -0.1) is 0 Å². The Kier molecular flexibility index (Phi) is 22.8. The summed E-state index contributed by atoms with van der Waals surface area (Å²) in [6.07, 6.45) is 1.29. The van der Waals surface area contributed by atoms with Crippen molar-refractivity contribution in [2.24, 2.45) is 0 Å². The summed E-state index contributed by atoms with van der Waals surface area (Å²) in [6.45, 7) is 16.0. The lowest BCUT2D eigenvalue weighted by atomic mass is 10.3. The SMILES string of the molecule is C=C(C)C(=O)OCCOCCOCCOCCOCCOCCOCCOC(C)CC. The second kappa shape index (κ2) is 23.6. The van der Waals surface area contributed by atoms with Crippen LogP contribution in [0.4, 0.5) is 0 Å². The van der Waals surface area contributed by atoms with E-state index < -0.39 is 5.97 Å². The average Bonchev–Trinajstić information content (AvgIpc) is 2.76. The zero-order chi connectivity index (χ0) is 23.0. The van der Waals surface area contributed by atoms with E-state index in [-0.39, 0.29) is 12.7 Å². The highest BCUT2D eigenvalue weighted by molar-refractivity contribution is 5.86. The first kappa shape index (κ1) is 29.9. The van der Waals surface area contributed by atoms with E-state index in [0.717, 1.165) is 6.42 Å². The molecule has 0 aromatic rings. The van der Waals surface area contributed by atoms with Crippen LogP contribution >= 0.6 is 0 Å². The molecule has 0 aromatic heterocycles. The van der Waals surface area contributed by atoms with Crippen molar-refractivity contribution in [1.29, 1.82) is 0 Å². The monoisotopic (exact) mass is 450 g/mol. The lowest BCUT2D eigenvalue weighted by molar-refractivity contribution is -0.140. The first-order valence-corrected chi connectivity index (χ1v) is 11.0. The predicted molar refractivity (Wildman–Crippen MR) is 116 cm³/mol. The van der Waals surface area contributed by atoms with E-state index in [1.165, 1.54) is 0 Å². The fourth-order valence-electron chi connectivity index (χ4n) is 1.94. The highest BCUT2D eigenvalue weighted by Gasteiger charge is 2.02. The largest absolute Gasteiger partial charge is 0.460 e. The van der Waals surface area contributed by atoms with E-state index in [4.69, 9.17) is 37.9 Å². The second-order valence-electron chi connectivity index (χ2n) is 6.68. The van der Waals surface area contributed by atoms with Crippen LogP contribution < -0.4 is 0 Å². The Morgan fingerprint density at radius 3 is 1.29 bits per heavy atom. The molecule has 0 aliphatic rings. The molecule has 184 valence electrons. The molecule has 9 heteroatoms. The number of carbonyl (C=O) groups is 1. The Balaban J connectivity index is 3.08. The molecule has 0 heterocycles. The molecule has 0 spiro atoms. The smallest absolute Gasteiger partial charge is 0.333 e. The normalized spacial score (nSPS) is 12.1. The molecule has 0 aliphatic heterocycles. The van der Waals surface area contributed by atoms with Gasteiger partial charge in [-0.3, -0.25) is 0 Å². The molecule has 0 bridgehead atoms. The van der Waals surface area contributed by atoms with Gasteiger partial charge in [-0.25, -0.2) is 4.79 Å². The molecule has 0 amide bonds. The number of ether oxygens (including phenoxy) is 8. The maximum absolute atomic E-state index is 11.1. The molecular formula is C22H42O9. The third-order valence-corrected chi connectivity index (χ3v) is 3.87. The van der Waals surface area contributed by atoms with Gasteiger partial charge in [0.1, 0.15) is 6.61 Å². The molecular weight excluding hydrogens is 408 g/mol. The van der Waals surface area contributed by atoms with Crippen LogP contribution in [0.15, 0.2) is 12.2 Å². The van der Waals surface area contributed by atoms with Crippen LogP contribution in [0, 0.1) is 0 Å². The van der Waals surface area contributed by atoms with Gasteiger partial charge < -0.3 is 37.9 Å². The number of rotatable bonds is 24. The van der Waals surface area contributed by atoms with Gasteiger partial charge in [0.25, 0.3) is 0 Å². The molecule has 0 aromatic carbocycles. The Bertz CT molecular complexity index is 418. The number of esters is 1. The lowest BCUT2D eigenvalue weighted by Crippen LogP contribution is -2.16. The fourth-order valence-corrected chi connectivity index (χ4v) is 1.94. The van der Waals surface area contributed by atoms with Crippen molar-refractivity contribution in [2.45, 2.75) is 33.3 Å². The third kappa shape index (κ3) is 23.4. The minimum Gasteiger partial charge on any atom is -0.460 e. The lowest BCUT2D eigenvalue weighted by Gasteiger charge is -2.11. The van der Waals surface area contributed by atoms with Crippen molar-refractivity contribution in [1.82, 2.24) is 0 Å². The van der Waals surface area contributed by atoms with Gasteiger partial charge in [0.05, 0.1) is 92.0 Å². The summed E-state index contributed by atoms with van der Waals surface area (Å²) in [4.78, 5) is 11.1. The van der Waals surface area contributed by atoms with Gasteiger partial charge in [0, 0.05) is 5.57 Å². The summed E-state index contributed by atoms with van der Waals surface area (Å²) >= 11 is 0. The molecule has 0 fully saturated rings. The van der Waals surface area contributed by atoms with Gasteiger partial charge >= 0.3 is 5.97 Å². The molecule has 1 unspecified atom stereocenters. The van der Waals surface area contributed by atoms with Gasteiger partial charge in [0.15, 0.2) is 0 Å². The quantitative estimate of drug-likeness (QED) is 0.124. The highest BCUT2D eigenvalue weighted by atomic mass is 16.6. The summed E-state index contributed by atoms with van der Waals surface area (Å²) in [5, 5.41) is 0. The van der Waals surface area contributed by atoms with E-state index in [0.29, 0.717) is 91.5 Å². The molecule has 0 aliphatic carbocycles. The zero-order valence-electron chi connectivity index (χ0n) is 19.6. The maximum atomic E-state index is 11.1. The topological polar surface area (TPSA) is 90.9 Å². The van der Waals surface area contributed by atoms with Crippen LogP contribution in [0.5, 0.6) is 0 Å². The number of hydrogen-bond acceptors (Lipinski definition) is 9. The van der Waals surface area contributed by atoms with Crippen molar-refractivity contribution in [3.05, 3.63) is 12.2 Å². The van der Waals surface area contributed by atoms with Crippen molar-refractivity contribution in [2.75, 3.05) is 92.5 Å². The predicted octanol–water partition coefficient (Wildman–Crippen LogP) is 2.02. The first-order chi connectivity index (χ1) is 15.1. The van der Waals surface area contributed by atoms with Gasteiger partial charge in [-0.1, -0.05) is 13.5 Å². The number of carbonyl (C=O) groups excluding carboxylic acids is 1. The van der Waals surface area contributed by atoms with Gasteiger partial charge in [-0.2, -0.15) is 0 Å². The average molecular weight is 451 g/mol. The molecule has 0 saturated carbocycles. The standard InChI is InChI=1S/C22H42O9/c1-5-21(4)30-18-16-28-14-12-26-10-8-24-6-7-25-9-11-27-13-15-29-17-19-31-22(23)20(2)3/h21H,2,5-19H2,1,3-4H3. The second-order valence-corrected chi connectivity index (χ2v) is 6.68. The number of hydrogen-bond donors (Lipinski definition) is 0. The highest BCUT2D eigenvalue weighted by Crippen LogP contribution is 1.95. The van der Waals surface area contributed by atoms with Crippen LogP contribution in [-0.4, -0.2) is 105 Å². The Hall–Kier alpha value is -1.07. The van der Waals surface area contributed by atoms with Crippen LogP contribution in [-0.2, 0) is 42.7 Å². The van der Waals surface area contributed by atoms with Crippen molar-refractivity contribution in [3.63, 3.8) is 0 Å². The Labute approximate surface area is 187 Å². The molecule has 0 radical (unpaired) electrons. The van der Waals surface area contributed by atoms with Crippen molar-refractivity contribution in [3.8, 4) is 0 Å². The zero-order valence-corrected chi connectivity index (χ0v) is 19.6. The van der Waals surface area contributed by atoms with E-state index >= 15 is 0 Å². The molecule has 0 saturated heterocycles. The Morgan fingerprint density at radius 2 is 0.968 bits per heavy atom. The summed E-state index contributed by atoms with van der Waals surface area (Å²) in [6, 6.07) is 0. The van der Waals surface area contributed by atoms with Crippen molar-refractivity contribution < 1.29 is 42.7 Å². The minimum absolute atomic E-state index is 0.210. The molecule has 9 nitrogen and oxygen atoms in total. The summed E-state index contributed by atoms with van der Waals surface area (Å²) in [5.41, 5.74) is 0.377. The summed E-state index contributed by atoms with van der Waals surface area (Å²) in [5.74, 6) is -0.405. The molecule has 31 heavy (non-hydrogen) atoms. The van der Waals surface area contributed by atoms with Crippen LogP contribution in [0.25, 0.3) is 0 Å². The van der Waals surface area contributed by atoms with E-state index in [1.807, 2.05) is 0 Å². The van der Waals surface area contributed by atoms with Gasteiger partial charge in [-0.05, 0) is 20.3 Å². The maximum Gasteiger partial charge on any atom is 0.333 e. The molecule has 0 N–H and O–H groups in total. The van der Waals surface area contributed by atoms with E-state index in [2.05, 4.69) is 20.4 Å². The molecule has 1 atom stereocenters. The molecule has 0 rings (SSSR count). The van der Waals surface area contributed by atoms with Crippen LogP contribution in [0.3, 0.4) is 0 Å². The van der Waals surface area contributed by atoms with Crippen LogP contribution in [0.1, 0.15) is 27.2 Å². The Morgan fingerprint density at radius 1 is 0.645 bits per heavy atom. The van der Waals surface area contributed by atoms with Crippen molar-refractivity contribution >= 4 is 5.97 Å². The summed E-state index contributed by atoms with van der Waals surface area (Å²) in [7, 11) is 0. The fraction of sp³-hybridized carbons (Fsp3) is 0.864. The van der Waals surface area contributed by atoms with Gasteiger partial charge in [0.2, 0.25) is 0 Å².